The summed E-state index contributed by atoms with van der Waals surface area (Å²) in [7, 11) is 0. The predicted octanol–water partition coefficient (Wildman–Crippen LogP) is 3.11. The average Bonchev–Trinajstić information content (AvgIpc) is 2.88. The molecule has 0 bridgehead atoms. The van der Waals surface area contributed by atoms with Crippen LogP contribution in [0.2, 0.25) is 0 Å². The van der Waals surface area contributed by atoms with Gasteiger partial charge in [-0.1, -0.05) is 6.07 Å². The Bertz CT molecular complexity index is 1330. The fraction of sp³-hybridized carbons (Fsp3) is 0.211. The van der Waals surface area contributed by atoms with Crippen molar-refractivity contribution >= 4 is 28.6 Å². The lowest BCUT2D eigenvalue weighted by Gasteiger charge is -2.21. The summed E-state index contributed by atoms with van der Waals surface area (Å²) >= 11 is 1.04. The van der Waals surface area contributed by atoms with Crippen LogP contribution in [0.1, 0.15) is 22.3 Å². The topological polar surface area (TPSA) is 98.0 Å². The highest BCUT2D eigenvalue weighted by Gasteiger charge is 2.38. The van der Waals surface area contributed by atoms with E-state index >= 15 is 0 Å². The van der Waals surface area contributed by atoms with Crippen LogP contribution in [0.3, 0.4) is 0 Å². The largest absolute Gasteiger partial charge is 0.417 e. The highest BCUT2D eigenvalue weighted by atomic mass is 32.2. The number of aromatic amines is 1. The third-order valence-corrected chi connectivity index (χ3v) is 6.01. The maximum atomic E-state index is 14.0. The van der Waals surface area contributed by atoms with Crippen molar-refractivity contribution in [1.29, 1.82) is 0 Å². The molecule has 1 aliphatic rings. The first kappa shape index (κ1) is 20.2. The number of aryl methyl sites for hydroxylation is 1. The summed E-state index contributed by atoms with van der Waals surface area (Å²) in [6.45, 7) is 0.197. The maximum Gasteiger partial charge on any atom is 0.417 e. The summed E-state index contributed by atoms with van der Waals surface area (Å²) in [6.07, 6.45) is -4.43. The van der Waals surface area contributed by atoms with E-state index in [1.54, 1.807) is 0 Å². The predicted molar refractivity (Wildman–Crippen MR) is 103 cm³/mol. The molecule has 1 aromatic heterocycles. The number of carbonyl (C=O) groups is 1. The van der Waals surface area contributed by atoms with Crippen molar-refractivity contribution in [2.24, 2.45) is 5.73 Å². The first-order valence-corrected chi connectivity index (χ1v) is 9.71. The number of hydrogen-bond donors (Lipinski definition) is 2. The molecule has 0 fully saturated rings. The molecule has 0 unspecified atom stereocenters. The third-order valence-electron chi connectivity index (χ3n) is 4.83. The van der Waals surface area contributed by atoms with Crippen LogP contribution in [0.5, 0.6) is 0 Å². The number of primary amides is 1. The molecule has 0 aliphatic carbocycles. The minimum atomic E-state index is -4.90. The van der Waals surface area contributed by atoms with E-state index in [9.17, 15) is 31.9 Å². The lowest BCUT2D eigenvalue weighted by atomic mass is 9.93. The van der Waals surface area contributed by atoms with Gasteiger partial charge in [-0.25, -0.2) is 9.18 Å². The van der Waals surface area contributed by atoms with E-state index < -0.39 is 45.8 Å². The number of nitrogens with zero attached hydrogens (tertiary/aromatic N) is 1. The van der Waals surface area contributed by atoms with Gasteiger partial charge in [0, 0.05) is 22.6 Å². The summed E-state index contributed by atoms with van der Waals surface area (Å²) in [5.74, 6) is -1.58. The molecule has 0 saturated heterocycles. The number of rotatable bonds is 2. The molecule has 1 amide bonds. The Hall–Kier alpha value is -3.08. The van der Waals surface area contributed by atoms with E-state index in [0.717, 1.165) is 30.0 Å². The molecular formula is C19H13F4N3O3S. The molecule has 0 saturated carbocycles. The van der Waals surface area contributed by atoms with Crippen LogP contribution in [0.15, 0.2) is 38.8 Å². The number of nitrogens with two attached hydrogens (primary N) is 1. The van der Waals surface area contributed by atoms with Gasteiger partial charge in [-0.05, 0) is 35.9 Å². The number of alkyl halides is 3. The number of benzene rings is 2. The van der Waals surface area contributed by atoms with Crippen molar-refractivity contribution in [2.45, 2.75) is 24.0 Å². The van der Waals surface area contributed by atoms with Gasteiger partial charge in [-0.3, -0.25) is 19.1 Å². The molecule has 2 aromatic carbocycles. The summed E-state index contributed by atoms with van der Waals surface area (Å²) in [6, 6.07) is 3.39. The van der Waals surface area contributed by atoms with Crippen molar-refractivity contribution < 1.29 is 22.4 Å². The van der Waals surface area contributed by atoms with Crippen molar-refractivity contribution in [3.05, 3.63) is 62.0 Å². The maximum absolute atomic E-state index is 14.0. The number of carbonyl (C=O) groups excluding carboxylic acids is 1. The van der Waals surface area contributed by atoms with Crippen LogP contribution in [-0.2, 0) is 12.7 Å². The molecule has 3 N–H and O–H groups in total. The van der Waals surface area contributed by atoms with Crippen molar-refractivity contribution in [1.82, 2.24) is 9.55 Å². The second-order valence-electron chi connectivity index (χ2n) is 6.69. The van der Waals surface area contributed by atoms with Crippen molar-refractivity contribution in [2.75, 3.05) is 5.75 Å². The Morgan fingerprint density at radius 1 is 1.20 bits per heavy atom. The van der Waals surface area contributed by atoms with Gasteiger partial charge >= 0.3 is 11.9 Å². The zero-order valence-electron chi connectivity index (χ0n) is 15.1. The molecule has 0 atom stereocenters. The molecule has 0 radical (unpaired) electrons. The molecule has 1 aliphatic heterocycles. The summed E-state index contributed by atoms with van der Waals surface area (Å²) in [5.41, 5.74) is 1.43. The minimum Gasteiger partial charge on any atom is -0.366 e. The Labute approximate surface area is 169 Å². The molecule has 0 spiro atoms. The van der Waals surface area contributed by atoms with E-state index in [0.29, 0.717) is 18.2 Å². The standard InChI is InChI=1S/C19H13F4N3O3S/c20-8-2-3-9(10(6-8)16(24)27)13-12(19(21,22)23)7-11-14-15(13)30-5-1-4-26(14)18(29)25-17(11)28/h2-3,6-7H,1,4-5H2,(H2,24,27)(H,25,28,29). The van der Waals surface area contributed by atoms with Crippen LogP contribution in [0.25, 0.3) is 22.0 Å². The normalized spacial score (nSPS) is 14.0. The summed E-state index contributed by atoms with van der Waals surface area (Å²) < 4.78 is 57.0. The molecule has 30 heavy (non-hydrogen) atoms. The first-order valence-electron chi connectivity index (χ1n) is 8.73. The fourth-order valence-corrected chi connectivity index (χ4v) is 4.80. The number of H-pyrrole nitrogens is 1. The van der Waals surface area contributed by atoms with Crippen LogP contribution < -0.4 is 17.0 Å². The van der Waals surface area contributed by atoms with Gasteiger partial charge in [0.2, 0.25) is 5.91 Å². The Kier molecular flexibility index (Phi) is 4.72. The number of amides is 1. The lowest BCUT2D eigenvalue weighted by Crippen LogP contribution is -2.31. The lowest BCUT2D eigenvalue weighted by molar-refractivity contribution is -0.137. The molecule has 2 heterocycles. The third kappa shape index (κ3) is 3.18. The summed E-state index contributed by atoms with van der Waals surface area (Å²) in [4.78, 5) is 38.6. The van der Waals surface area contributed by atoms with Crippen LogP contribution >= 0.6 is 11.8 Å². The van der Waals surface area contributed by atoms with E-state index in [2.05, 4.69) is 0 Å². The number of aromatic nitrogens is 2. The second-order valence-corrected chi connectivity index (χ2v) is 7.79. The minimum absolute atomic E-state index is 0.0228. The Morgan fingerprint density at radius 3 is 2.60 bits per heavy atom. The van der Waals surface area contributed by atoms with Crippen LogP contribution in [0, 0.1) is 5.82 Å². The van der Waals surface area contributed by atoms with Crippen LogP contribution in [-0.4, -0.2) is 21.2 Å². The smallest absolute Gasteiger partial charge is 0.366 e. The Morgan fingerprint density at radius 2 is 1.93 bits per heavy atom. The molecule has 4 rings (SSSR count). The fourth-order valence-electron chi connectivity index (χ4n) is 3.60. The van der Waals surface area contributed by atoms with Gasteiger partial charge in [0.05, 0.1) is 16.5 Å². The number of nitrogens with one attached hydrogen (secondary N) is 1. The van der Waals surface area contributed by atoms with E-state index in [-0.39, 0.29) is 27.9 Å². The molecule has 11 heteroatoms. The number of thioether (sulfide) groups is 1. The van der Waals surface area contributed by atoms with Crippen molar-refractivity contribution in [3.8, 4) is 11.1 Å². The molecule has 3 aromatic rings. The van der Waals surface area contributed by atoms with Gasteiger partial charge in [0.25, 0.3) is 5.56 Å². The van der Waals surface area contributed by atoms with E-state index in [4.69, 9.17) is 5.73 Å². The average molecular weight is 439 g/mol. The SMILES string of the molecule is NC(=O)c1cc(F)ccc1-c1c(C(F)(F)F)cc2c(=O)[nH]c(=O)n3c2c1SCCC3. The van der Waals surface area contributed by atoms with Gasteiger partial charge in [0.1, 0.15) is 5.82 Å². The van der Waals surface area contributed by atoms with Gasteiger partial charge in [-0.15, -0.1) is 11.8 Å². The highest BCUT2D eigenvalue weighted by Crippen LogP contribution is 2.47. The first-order chi connectivity index (χ1) is 14.1. The number of halogens is 4. The number of hydrogen-bond acceptors (Lipinski definition) is 4. The monoisotopic (exact) mass is 439 g/mol. The van der Waals surface area contributed by atoms with E-state index in [1.807, 2.05) is 4.98 Å². The summed E-state index contributed by atoms with van der Waals surface area (Å²) in [5, 5.41) is -0.294. The van der Waals surface area contributed by atoms with Gasteiger partial charge in [-0.2, -0.15) is 13.2 Å². The second kappa shape index (κ2) is 7.01. The van der Waals surface area contributed by atoms with E-state index in [1.165, 1.54) is 4.57 Å². The quantitative estimate of drug-likeness (QED) is 0.600. The molecular weight excluding hydrogens is 426 g/mol. The Balaban J connectivity index is 2.28. The zero-order chi connectivity index (χ0) is 21.8. The van der Waals surface area contributed by atoms with Crippen LogP contribution in [0.4, 0.5) is 17.6 Å². The van der Waals surface area contributed by atoms with Gasteiger partial charge < -0.3 is 5.73 Å². The highest BCUT2D eigenvalue weighted by molar-refractivity contribution is 7.99. The van der Waals surface area contributed by atoms with Gasteiger partial charge in [0.15, 0.2) is 0 Å². The molecule has 6 nitrogen and oxygen atoms in total. The van der Waals surface area contributed by atoms with Crippen molar-refractivity contribution in [3.63, 3.8) is 0 Å². The molecule has 156 valence electrons. The zero-order valence-corrected chi connectivity index (χ0v) is 15.9.